The average molecular weight is 411 g/mol. The third-order valence-electron chi connectivity index (χ3n) is 4.65. The van der Waals surface area contributed by atoms with E-state index in [1.807, 2.05) is 75.4 Å². The third-order valence-corrected chi connectivity index (χ3v) is 4.65. The molecule has 1 unspecified atom stereocenters. The molecule has 1 amide bonds. The Morgan fingerprint density at radius 2 is 1.80 bits per heavy atom. The second kappa shape index (κ2) is 9.76. The second-order valence-electron chi connectivity index (χ2n) is 8.32. The van der Waals surface area contributed by atoms with E-state index in [4.69, 9.17) is 14.2 Å². The minimum Gasteiger partial charge on any atom is -0.489 e. The quantitative estimate of drug-likeness (QED) is 0.647. The first-order valence-corrected chi connectivity index (χ1v) is 10.2. The predicted octanol–water partition coefficient (Wildman–Crippen LogP) is 3.90. The molecule has 1 heterocycles. The zero-order chi connectivity index (χ0) is 21.6. The molecule has 1 saturated heterocycles. The number of nitrogens with zero attached hydrogens (tertiary/aromatic N) is 1. The molecule has 6 heteroatoms. The van der Waals surface area contributed by atoms with Crippen LogP contribution >= 0.6 is 0 Å². The average Bonchev–Trinajstić information content (AvgIpc) is 2.72. The standard InChI is InChI=1S/C24H29NO5/c1-24(2,3)30-23(27)13-14-25-15-21(29-17-22(25)26)19-9-11-20(12-10-19)28-16-18-7-5-4-6-8-18/h4-12,21H,13-17H2,1-3H3. The Hall–Kier alpha value is -2.86. The number of carbonyl (C=O) groups is 2. The number of ether oxygens (including phenoxy) is 3. The summed E-state index contributed by atoms with van der Waals surface area (Å²) in [4.78, 5) is 25.8. The molecular formula is C24H29NO5. The van der Waals surface area contributed by atoms with Gasteiger partial charge < -0.3 is 19.1 Å². The maximum atomic E-state index is 12.2. The van der Waals surface area contributed by atoms with Crippen molar-refractivity contribution in [3.05, 3.63) is 65.7 Å². The van der Waals surface area contributed by atoms with Gasteiger partial charge in [-0.3, -0.25) is 9.59 Å². The van der Waals surface area contributed by atoms with Crippen LogP contribution in [0.4, 0.5) is 0 Å². The SMILES string of the molecule is CC(C)(C)OC(=O)CCN1CC(c2ccc(OCc3ccccc3)cc2)OCC1=O. The third kappa shape index (κ3) is 6.59. The molecule has 0 bridgehead atoms. The van der Waals surface area contributed by atoms with E-state index in [1.165, 1.54) is 0 Å². The summed E-state index contributed by atoms with van der Waals surface area (Å²) in [5, 5.41) is 0. The molecule has 1 atom stereocenters. The van der Waals surface area contributed by atoms with Crippen molar-refractivity contribution in [2.45, 2.75) is 45.5 Å². The second-order valence-corrected chi connectivity index (χ2v) is 8.32. The van der Waals surface area contributed by atoms with Crippen LogP contribution in [0.3, 0.4) is 0 Å². The van der Waals surface area contributed by atoms with Crippen molar-refractivity contribution in [2.24, 2.45) is 0 Å². The summed E-state index contributed by atoms with van der Waals surface area (Å²) < 4.78 is 16.9. The molecule has 2 aromatic rings. The molecule has 2 aromatic carbocycles. The first-order valence-electron chi connectivity index (χ1n) is 10.2. The molecule has 1 aliphatic rings. The first-order chi connectivity index (χ1) is 14.3. The number of hydrogen-bond donors (Lipinski definition) is 0. The molecule has 0 N–H and O–H groups in total. The largest absolute Gasteiger partial charge is 0.489 e. The zero-order valence-electron chi connectivity index (χ0n) is 17.8. The van der Waals surface area contributed by atoms with E-state index >= 15 is 0 Å². The lowest BCUT2D eigenvalue weighted by atomic mass is 10.1. The smallest absolute Gasteiger partial charge is 0.308 e. The highest BCUT2D eigenvalue weighted by molar-refractivity contribution is 5.79. The highest BCUT2D eigenvalue weighted by atomic mass is 16.6. The van der Waals surface area contributed by atoms with Crippen LogP contribution in [0.15, 0.2) is 54.6 Å². The fraction of sp³-hybridized carbons (Fsp3) is 0.417. The summed E-state index contributed by atoms with van der Waals surface area (Å²) in [6.45, 7) is 6.73. The highest BCUT2D eigenvalue weighted by Crippen LogP contribution is 2.25. The minimum atomic E-state index is -0.529. The Labute approximate surface area is 177 Å². The van der Waals surface area contributed by atoms with E-state index in [1.54, 1.807) is 4.90 Å². The summed E-state index contributed by atoms with van der Waals surface area (Å²) >= 11 is 0. The number of esters is 1. The van der Waals surface area contributed by atoms with Crippen molar-refractivity contribution in [1.29, 1.82) is 0 Å². The van der Waals surface area contributed by atoms with E-state index in [9.17, 15) is 9.59 Å². The molecule has 0 aliphatic carbocycles. The topological polar surface area (TPSA) is 65.1 Å². The van der Waals surface area contributed by atoms with Crippen molar-refractivity contribution in [3.63, 3.8) is 0 Å². The van der Waals surface area contributed by atoms with Gasteiger partial charge in [-0.2, -0.15) is 0 Å². The van der Waals surface area contributed by atoms with Gasteiger partial charge in [0.25, 0.3) is 0 Å². The molecule has 6 nitrogen and oxygen atoms in total. The number of rotatable bonds is 7. The molecule has 3 rings (SSSR count). The summed E-state index contributed by atoms with van der Waals surface area (Å²) in [6, 6.07) is 17.7. The molecule has 30 heavy (non-hydrogen) atoms. The number of carbonyl (C=O) groups excluding carboxylic acids is 2. The molecule has 0 radical (unpaired) electrons. The number of amides is 1. The van der Waals surface area contributed by atoms with Gasteiger partial charge in [0, 0.05) is 6.54 Å². The van der Waals surface area contributed by atoms with Gasteiger partial charge in [0.1, 0.15) is 30.7 Å². The van der Waals surface area contributed by atoms with E-state index in [-0.39, 0.29) is 31.0 Å². The maximum absolute atomic E-state index is 12.2. The van der Waals surface area contributed by atoms with Crippen LogP contribution in [0.2, 0.25) is 0 Å². The molecule has 0 spiro atoms. The summed E-state index contributed by atoms with van der Waals surface area (Å²) in [6.07, 6.45) is -0.0633. The molecule has 0 aromatic heterocycles. The monoisotopic (exact) mass is 411 g/mol. The van der Waals surface area contributed by atoms with Gasteiger partial charge in [-0.25, -0.2) is 0 Å². The lowest BCUT2D eigenvalue weighted by molar-refractivity contribution is -0.157. The summed E-state index contributed by atoms with van der Waals surface area (Å²) in [7, 11) is 0. The molecule has 1 aliphatic heterocycles. The van der Waals surface area contributed by atoms with E-state index in [2.05, 4.69) is 0 Å². The molecular weight excluding hydrogens is 382 g/mol. The first kappa shape index (κ1) is 21.8. The summed E-state index contributed by atoms with van der Waals surface area (Å²) in [5.74, 6) is 0.354. The van der Waals surface area contributed by atoms with Gasteiger partial charge in [-0.15, -0.1) is 0 Å². The zero-order valence-corrected chi connectivity index (χ0v) is 17.8. The van der Waals surface area contributed by atoms with Crippen LogP contribution in [0.1, 0.15) is 44.4 Å². The van der Waals surface area contributed by atoms with Gasteiger partial charge in [-0.1, -0.05) is 42.5 Å². The van der Waals surface area contributed by atoms with Crippen LogP contribution in [0.5, 0.6) is 5.75 Å². The Balaban J connectivity index is 1.52. The van der Waals surface area contributed by atoms with Crippen LogP contribution in [0, 0.1) is 0 Å². The van der Waals surface area contributed by atoms with Gasteiger partial charge in [0.2, 0.25) is 5.91 Å². The molecule has 0 saturated carbocycles. The lowest BCUT2D eigenvalue weighted by Gasteiger charge is -2.33. The number of benzene rings is 2. The van der Waals surface area contributed by atoms with Crippen molar-refractivity contribution in [2.75, 3.05) is 19.7 Å². The Morgan fingerprint density at radius 3 is 2.47 bits per heavy atom. The lowest BCUT2D eigenvalue weighted by Crippen LogP contribution is -2.44. The van der Waals surface area contributed by atoms with Gasteiger partial charge in [-0.05, 0) is 44.0 Å². The van der Waals surface area contributed by atoms with Crippen molar-refractivity contribution in [3.8, 4) is 5.75 Å². The number of hydrogen-bond acceptors (Lipinski definition) is 5. The van der Waals surface area contributed by atoms with Crippen molar-refractivity contribution >= 4 is 11.9 Å². The fourth-order valence-electron chi connectivity index (χ4n) is 3.17. The van der Waals surface area contributed by atoms with E-state index in [0.717, 1.165) is 16.9 Å². The fourth-order valence-corrected chi connectivity index (χ4v) is 3.17. The Kier molecular flexibility index (Phi) is 7.11. The molecule has 160 valence electrons. The maximum Gasteiger partial charge on any atom is 0.308 e. The van der Waals surface area contributed by atoms with Gasteiger partial charge >= 0.3 is 5.97 Å². The Morgan fingerprint density at radius 1 is 1.10 bits per heavy atom. The summed E-state index contributed by atoms with van der Waals surface area (Å²) in [5.41, 5.74) is 1.55. The van der Waals surface area contributed by atoms with Gasteiger partial charge in [0.05, 0.1) is 13.0 Å². The normalized spacial score (nSPS) is 17.0. The van der Waals surface area contributed by atoms with Crippen LogP contribution in [-0.4, -0.2) is 42.1 Å². The van der Waals surface area contributed by atoms with Crippen LogP contribution < -0.4 is 4.74 Å². The van der Waals surface area contributed by atoms with Crippen molar-refractivity contribution < 1.29 is 23.8 Å². The predicted molar refractivity (Wildman–Crippen MR) is 113 cm³/mol. The van der Waals surface area contributed by atoms with Crippen LogP contribution in [0.25, 0.3) is 0 Å². The van der Waals surface area contributed by atoms with E-state index in [0.29, 0.717) is 19.7 Å². The molecule has 1 fully saturated rings. The van der Waals surface area contributed by atoms with Gasteiger partial charge in [0.15, 0.2) is 0 Å². The van der Waals surface area contributed by atoms with E-state index < -0.39 is 5.60 Å². The Bertz CT molecular complexity index is 842. The highest BCUT2D eigenvalue weighted by Gasteiger charge is 2.28. The van der Waals surface area contributed by atoms with Crippen molar-refractivity contribution in [1.82, 2.24) is 4.90 Å². The minimum absolute atomic E-state index is 0.00520. The number of morpholine rings is 1. The van der Waals surface area contributed by atoms with Crippen LogP contribution in [-0.2, 0) is 25.7 Å².